The van der Waals surface area contributed by atoms with Crippen molar-refractivity contribution in [3.05, 3.63) is 55.0 Å². The highest BCUT2D eigenvalue weighted by Crippen LogP contribution is 2.27. The quantitative estimate of drug-likeness (QED) is 0.476. The van der Waals surface area contributed by atoms with E-state index < -0.39 is 29.8 Å². The number of halogens is 6. The Balaban J connectivity index is 0.000000416. The van der Waals surface area contributed by atoms with E-state index in [9.17, 15) is 31.1 Å². The maximum Gasteiger partial charge on any atom is 0.448 e. The molecule has 0 fully saturated rings. The predicted octanol–water partition coefficient (Wildman–Crippen LogP) is 3.24. The van der Waals surface area contributed by atoms with Gasteiger partial charge in [0.05, 0.1) is 25.2 Å². The third-order valence-corrected chi connectivity index (χ3v) is 3.01. The number of ether oxygens (including phenoxy) is 1. The molecule has 152 valence electrons. The Labute approximate surface area is 154 Å². The molecular weight excluding hydrogens is 396 g/mol. The lowest BCUT2D eigenvalue weighted by Gasteiger charge is -2.06. The Morgan fingerprint density at radius 2 is 1.71 bits per heavy atom. The van der Waals surface area contributed by atoms with Crippen molar-refractivity contribution < 1.29 is 45.5 Å². The number of rotatable bonds is 4. The first-order chi connectivity index (χ1) is 12.8. The number of aliphatic carboxylic acids is 1. The van der Waals surface area contributed by atoms with Gasteiger partial charge in [0.15, 0.2) is 23.8 Å². The Bertz CT molecular complexity index is 802. The van der Waals surface area contributed by atoms with E-state index in [1.165, 1.54) is 17.0 Å². The van der Waals surface area contributed by atoms with Gasteiger partial charge in [0, 0.05) is 17.7 Å². The summed E-state index contributed by atoms with van der Waals surface area (Å²) in [7, 11) is 0.926. The molecule has 2 heterocycles. The smallest absolute Gasteiger partial charge is 0.448 e. The van der Waals surface area contributed by atoms with Crippen LogP contribution in [0.2, 0.25) is 0 Å². The van der Waals surface area contributed by atoms with Crippen molar-refractivity contribution in [2.45, 2.75) is 18.9 Å². The zero-order valence-corrected chi connectivity index (χ0v) is 14.3. The van der Waals surface area contributed by atoms with E-state index in [1.807, 2.05) is 0 Å². The SMILES string of the molecule is C=C(OC)C(F)(F)F.O=C(O)C[n+]1ccc(-c2cnc(C(F)(F)F)cn2)cc1. The summed E-state index contributed by atoms with van der Waals surface area (Å²) in [6.07, 6.45) is -4.24. The lowest BCUT2D eigenvalue weighted by atomic mass is 10.2. The van der Waals surface area contributed by atoms with E-state index in [-0.39, 0.29) is 12.2 Å². The van der Waals surface area contributed by atoms with E-state index in [0.29, 0.717) is 11.8 Å². The molecule has 0 aliphatic rings. The van der Waals surface area contributed by atoms with Gasteiger partial charge in [-0.25, -0.2) is 9.78 Å². The van der Waals surface area contributed by atoms with Crippen LogP contribution in [-0.4, -0.2) is 34.3 Å². The predicted molar refractivity (Wildman–Crippen MR) is 82.5 cm³/mol. The van der Waals surface area contributed by atoms with Crippen LogP contribution in [0.25, 0.3) is 11.3 Å². The van der Waals surface area contributed by atoms with Crippen LogP contribution in [0.5, 0.6) is 0 Å². The van der Waals surface area contributed by atoms with E-state index in [4.69, 9.17) is 5.11 Å². The zero-order valence-electron chi connectivity index (χ0n) is 14.3. The Kier molecular flexibility index (Phi) is 7.47. The van der Waals surface area contributed by atoms with Crippen molar-refractivity contribution in [2.75, 3.05) is 7.11 Å². The van der Waals surface area contributed by atoms with Crippen LogP contribution in [0.3, 0.4) is 0 Å². The highest BCUT2D eigenvalue weighted by atomic mass is 19.4. The standard InChI is InChI=1S/C12H8F3N3O2.C4H5F3O/c13-12(14,15)10-6-16-9(5-17-10)8-1-3-18(4-2-8)7-11(19)20;1-3(8-2)4(5,6)7/h1-6H,7H2;1H2,2H3/p+1. The van der Waals surface area contributed by atoms with Gasteiger partial charge < -0.3 is 9.84 Å². The minimum atomic E-state index is -4.52. The molecule has 0 aromatic carbocycles. The molecule has 1 N–H and O–H groups in total. The van der Waals surface area contributed by atoms with Gasteiger partial charge in [-0.2, -0.15) is 30.9 Å². The van der Waals surface area contributed by atoms with Crippen molar-refractivity contribution in [2.24, 2.45) is 0 Å². The molecule has 2 aromatic heterocycles. The van der Waals surface area contributed by atoms with Crippen molar-refractivity contribution >= 4 is 5.97 Å². The van der Waals surface area contributed by atoms with Crippen LogP contribution in [0.4, 0.5) is 26.3 Å². The summed E-state index contributed by atoms with van der Waals surface area (Å²) in [5, 5.41) is 8.61. The van der Waals surface area contributed by atoms with Gasteiger partial charge in [0.25, 0.3) is 0 Å². The molecular formula is C16H14F6N3O3+. The number of carboxylic acid groups (broad SMARTS) is 1. The molecule has 0 aliphatic carbocycles. The van der Waals surface area contributed by atoms with Gasteiger partial charge >= 0.3 is 18.3 Å². The number of nitrogens with zero attached hydrogens (tertiary/aromatic N) is 3. The van der Waals surface area contributed by atoms with Crippen LogP contribution in [-0.2, 0) is 22.3 Å². The number of alkyl halides is 6. The summed E-state index contributed by atoms with van der Waals surface area (Å²) in [4.78, 5) is 17.5. The Morgan fingerprint density at radius 3 is 2.04 bits per heavy atom. The fourth-order valence-electron chi connectivity index (χ4n) is 1.63. The molecule has 0 aliphatic heterocycles. The van der Waals surface area contributed by atoms with E-state index in [2.05, 4.69) is 21.3 Å². The molecule has 28 heavy (non-hydrogen) atoms. The second-order valence-corrected chi connectivity index (χ2v) is 5.06. The first-order valence-electron chi connectivity index (χ1n) is 7.25. The van der Waals surface area contributed by atoms with Crippen LogP contribution in [0, 0.1) is 0 Å². The number of aromatic nitrogens is 3. The van der Waals surface area contributed by atoms with Gasteiger partial charge in [-0.1, -0.05) is 6.58 Å². The number of methoxy groups -OCH3 is 1. The lowest BCUT2D eigenvalue weighted by Crippen LogP contribution is -2.36. The maximum absolute atomic E-state index is 12.3. The van der Waals surface area contributed by atoms with Crippen molar-refractivity contribution in [1.29, 1.82) is 0 Å². The number of carboxylic acids is 1. The molecule has 12 heteroatoms. The molecule has 0 radical (unpaired) electrons. The molecule has 0 saturated carbocycles. The number of hydrogen-bond donors (Lipinski definition) is 1. The topological polar surface area (TPSA) is 76.2 Å². The second-order valence-electron chi connectivity index (χ2n) is 5.06. The number of carbonyl (C=O) groups is 1. The minimum Gasteiger partial charge on any atom is -0.493 e. The van der Waals surface area contributed by atoms with Gasteiger partial charge in [-0.15, -0.1) is 0 Å². The summed E-state index contributed by atoms with van der Waals surface area (Å²) in [6, 6.07) is 3.11. The first kappa shape index (κ1) is 22.9. The second kappa shape index (κ2) is 9.15. The number of allylic oxidation sites excluding steroid dienone is 1. The fraction of sp³-hybridized carbons (Fsp3) is 0.250. The summed E-state index contributed by atoms with van der Waals surface area (Å²) in [6.45, 7) is 2.40. The Morgan fingerprint density at radius 1 is 1.14 bits per heavy atom. The van der Waals surface area contributed by atoms with Crippen LogP contribution < -0.4 is 4.57 Å². The van der Waals surface area contributed by atoms with Crippen LogP contribution in [0.1, 0.15) is 5.69 Å². The Hall–Kier alpha value is -3.18. The largest absolute Gasteiger partial charge is 0.493 e. The lowest BCUT2D eigenvalue weighted by molar-refractivity contribution is -0.685. The third-order valence-electron chi connectivity index (χ3n) is 3.01. The normalized spacial score (nSPS) is 11.2. The van der Waals surface area contributed by atoms with Crippen molar-refractivity contribution in [1.82, 2.24) is 9.97 Å². The first-order valence-corrected chi connectivity index (χ1v) is 7.25. The van der Waals surface area contributed by atoms with Crippen LogP contribution >= 0.6 is 0 Å². The fourth-order valence-corrected chi connectivity index (χ4v) is 1.63. The average Bonchev–Trinajstić information content (AvgIpc) is 2.60. The van der Waals surface area contributed by atoms with Gasteiger partial charge in [-0.05, 0) is 0 Å². The average molecular weight is 410 g/mol. The molecule has 2 aromatic rings. The molecule has 0 atom stereocenters. The van der Waals surface area contributed by atoms with Crippen LogP contribution in [0.15, 0.2) is 49.3 Å². The molecule has 0 saturated heterocycles. The van der Waals surface area contributed by atoms with Crippen molar-refractivity contribution in [3.8, 4) is 11.3 Å². The van der Waals surface area contributed by atoms with Gasteiger partial charge in [-0.3, -0.25) is 4.98 Å². The van der Waals surface area contributed by atoms with Gasteiger partial charge in [0.2, 0.25) is 6.54 Å². The third kappa shape index (κ3) is 7.21. The maximum atomic E-state index is 12.3. The molecule has 0 spiro atoms. The zero-order chi connectivity index (χ0) is 21.5. The summed E-state index contributed by atoms with van der Waals surface area (Å²) >= 11 is 0. The van der Waals surface area contributed by atoms with E-state index in [0.717, 1.165) is 13.3 Å². The number of pyridine rings is 1. The molecule has 0 unspecified atom stereocenters. The highest BCUT2D eigenvalue weighted by molar-refractivity contribution is 5.64. The molecule has 2 rings (SSSR count). The summed E-state index contributed by atoms with van der Waals surface area (Å²) in [5.41, 5.74) is -0.230. The van der Waals surface area contributed by atoms with Gasteiger partial charge in [0.1, 0.15) is 0 Å². The number of hydrogen-bond acceptors (Lipinski definition) is 4. The van der Waals surface area contributed by atoms with E-state index in [1.54, 1.807) is 12.1 Å². The summed E-state index contributed by atoms with van der Waals surface area (Å²) in [5.74, 6) is -2.16. The molecule has 6 nitrogen and oxygen atoms in total. The van der Waals surface area contributed by atoms with Crippen molar-refractivity contribution in [3.63, 3.8) is 0 Å². The summed E-state index contributed by atoms with van der Waals surface area (Å²) < 4.78 is 75.9. The minimum absolute atomic E-state index is 0.195. The molecule has 0 amide bonds. The highest BCUT2D eigenvalue weighted by Gasteiger charge is 2.33. The van der Waals surface area contributed by atoms with E-state index >= 15 is 0 Å². The monoisotopic (exact) mass is 410 g/mol. The molecule has 0 bridgehead atoms.